The van der Waals surface area contributed by atoms with Gasteiger partial charge in [-0.3, -0.25) is 14.4 Å². The number of nitrogens with zero attached hydrogens (tertiary/aromatic N) is 3. The van der Waals surface area contributed by atoms with Crippen molar-refractivity contribution < 1.29 is 28.7 Å². The van der Waals surface area contributed by atoms with E-state index in [0.29, 0.717) is 11.3 Å². The number of hydrogen-bond donors (Lipinski definition) is 4. The lowest BCUT2D eigenvalue weighted by atomic mass is 9.90. The first-order valence-electron chi connectivity index (χ1n) is 15.5. The number of likely N-dealkylation sites (N-methyl/N-ethyl adjacent to an activating group) is 1. The fourth-order valence-corrected chi connectivity index (χ4v) is 5.26. The van der Waals surface area contributed by atoms with Crippen molar-refractivity contribution in [1.82, 2.24) is 30.1 Å². The summed E-state index contributed by atoms with van der Waals surface area (Å²) < 4.78 is 12.3. The molecule has 0 aliphatic rings. The summed E-state index contributed by atoms with van der Waals surface area (Å²) in [4.78, 5) is 62.6. The smallest absolute Gasteiger partial charge is 0.408 e. The molecule has 4 N–H and O–H groups in total. The molecule has 0 saturated heterocycles. The monoisotopic (exact) mass is 659 g/mol. The molecular formula is C35H45N7O6. The number of aromatic nitrogens is 3. The van der Waals surface area contributed by atoms with Crippen LogP contribution in [0.15, 0.2) is 67.3 Å². The van der Waals surface area contributed by atoms with E-state index < -0.39 is 40.6 Å². The van der Waals surface area contributed by atoms with E-state index in [9.17, 15) is 19.2 Å². The highest BCUT2D eigenvalue weighted by Crippen LogP contribution is 2.31. The number of para-hydroxylation sites is 1. The Labute approximate surface area is 280 Å². The molecule has 2 atom stereocenters. The number of amides is 4. The summed E-state index contributed by atoms with van der Waals surface area (Å²) in [6, 6.07) is 13.7. The topological polar surface area (TPSA) is 160 Å². The molecule has 256 valence electrons. The largest absolute Gasteiger partial charge is 0.497 e. The van der Waals surface area contributed by atoms with Crippen LogP contribution in [-0.4, -0.2) is 81.6 Å². The van der Waals surface area contributed by atoms with E-state index in [4.69, 9.17) is 9.47 Å². The highest BCUT2D eigenvalue weighted by molar-refractivity contribution is 5.99. The molecule has 4 rings (SSSR count). The summed E-state index contributed by atoms with van der Waals surface area (Å²) in [5, 5.41) is 9.11. The standard InChI is InChI=1S/C35H45N7O6/c1-33(2,3)48-32(46)40-34(4,5)30(44)38-27(18-22-19-36-26-13-11-10-12-25(22)26)29(43)39-28-20-42(21-37-28)35(6,31(45)41(7)8)23-14-16-24(47-9)17-15-23/h10-17,19-21,27,36H,18H2,1-9H3,(H,38,44)(H,39,43)(H,40,46)/t27-,35?/m1/s1. The second-order valence-electron chi connectivity index (χ2n) is 13.5. The number of alkyl carbamates (subject to hydrolysis) is 1. The minimum absolute atomic E-state index is 0.132. The molecule has 2 heterocycles. The van der Waals surface area contributed by atoms with Crippen LogP contribution in [0.1, 0.15) is 52.7 Å². The van der Waals surface area contributed by atoms with Crippen LogP contribution in [-0.2, 0) is 31.1 Å². The van der Waals surface area contributed by atoms with Crippen LogP contribution in [0.5, 0.6) is 5.75 Å². The number of rotatable bonds is 11. The van der Waals surface area contributed by atoms with Gasteiger partial charge in [-0.25, -0.2) is 9.78 Å². The fourth-order valence-electron chi connectivity index (χ4n) is 5.26. The Bertz CT molecular complexity index is 1780. The predicted molar refractivity (Wildman–Crippen MR) is 183 cm³/mol. The number of ether oxygens (including phenoxy) is 2. The zero-order chi connectivity index (χ0) is 35.4. The quantitative estimate of drug-likeness (QED) is 0.188. The molecule has 0 aliphatic carbocycles. The highest BCUT2D eigenvalue weighted by Gasteiger charge is 2.39. The van der Waals surface area contributed by atoms with Crippen molar-refractivity contribution in [2.24, 2.45) is 0 Å². The van der Waals surface area contributed by atoms with Gasteiger partial charge >= 0.3 is 6.09 Å². The van der Waals surface area contributed by atoms with Gasteiger partial charge in [0.05, 0.1) is 13.4 Å². The van der Waals surface area contributed by atoms with Crippen LogP contribution < -0.4 is 20.7 Å². The Morgan fingerprint density at radius 3 is 2.27 bits per heavy atom. The van der Waals surface area contributed by atoms with Crippen LogP contribution in [0.3, 0.4) is 0 Å². The normalized spacial score (nSPS) is 13.6. The third kappa shape index (κ3) is 7.96. The predicted octanol–water partition coefficient (Wildman–Crippen LogP) is 4.19. The number of methoxy groups -OCH3 is 1. The van der Waals surface area contributed by atoms with Gasteiger partial charge < -0.3 is 39.9 Å². The van der Waals surface area contributed by atoms with Crippen molar-refractivity contribution in [2.75, 3.05) is 26.5 Å². The van der Waals surface area contributed by atoms with Gasteiger partial charge in [-0.1, -0.05) is 30.3 Å². The zero-order valence-electron chi connectivity index (χ0n) is 28.9. The SMILES string of the molecule is COc1ccc(C(C)(C(=O)N(C)C)n2cnc(NC(=O)[C@@H](Cc3c[nH]c4ccccc34)NC(=O)C(C)(C)NC(=O)OC(C)(C)C)c2)cc1. The molecule has 0 radical (unpaired) electrons. The van der Waals surface area contributed by atoms with Crippen molar-refractivity contribution in [1.29, 1.82) is 0 Å². The number of carbonyl (C=O) groups is 4. The summed E-state index contributed by atoms with van der Waals surface area (Å²) in [5.41, 5.74) is -1.03. The molecule has 1 unspecified atom stereocenters. The molecule has 0 spiro atoms. The number of hydrogen-bond acceptors (Lipinski definition) is 7. The van der Waals surface area contributed by atoms with Crippen LogP contribution >= 0.6 is 0 Å². The first-order valence-corrected chi connectivity index (χ1v) is 15.5. The minimum Gasteiger partial charge on any atom is -0.497 e. The maximum atomic E-state index is 13.9. The van der Waals surface area contributed by atoms with Gasteiger partial charge in [-0.05, 0) is 70.9 Å². The van der Waals surface area contributed by atoms with Gasteiger partial charge in [0.25, 0.3) is 5.91 Å². The molecule has 0 aliphatic heterocycles. The number of imidazole rings is 1. The minimum atomic E-state index is -1.42. The van der Waals surface area contributed by atoms with E-state index in [2.05, 4.69) is 25.9 Å². The molecule has 13 nitrogen and oxygen atoms in total. The van der Waals surface area contributed by atoms with Crippen molar-refractivity contribution in [3.63, 3.8) is 0 Å². The number of H-pyrrole nitrogens is 1. The summed E-state index contributed by atoms with van der Waals surface area (Å²) >= 11 is 0. The van der Waals surface area contributed by atoms with E-state index in [-0.39, 0.29) is 18.1 Å². The second-order valence-corrected chi connectivity index (χ2v) is 13.5. The van der Waals surface area contributed by atoms with E-state index >= 15 is 0 Å². The van der Waals surface area contributed by atoms with Gasteiger partial charge in [0.15, 0.2) is 5.82 Å². The number of benzene rings is 2. The lowest BCUT2D eigenvalue weighted by molar-refractivity contribution is -0.135. The molecule has 13 heteroatoms. The molecule has 2 aromatic carbocycles. The van der Waals surface area contributed by atoms with Crippen LogP contribution in [0, 0.1) is 0 Å². The number of nitrogens with one attached hydrogen (secondary N) is 4. The summed E-state index contributed by atoms with van der Waals surface area (Å²) in [5.74, 6) is -0.535. The van der Waals surface area contributed by atoms with E-state index in [1.165, 1.54) is 25.1 Å². The first kappa shape index (κ1) is 35.5. The number of carbonyl (C=O) groups excluding carboxylic acids is 4. The van der Waals surface area contributed by atoms with E-state index in [0.717, 1.165) is 16.5 Å². The van der Waals surface area contributed by atoms with Gasteiger partial charge in [0, 0.05) is 43.8 Å². The van der Waals surface area contributed by atoms with E-state index in [1.54, 1.807) is 90.1 Å². The lowest BCUT2D eigenvalue weighted by Gasteiger charge is -2.33. The number of aromatic amines is 1. The lowest BCUT2D eigenvalue weighted by Crippen LogP contribution is -2.59. The third-order valence-corrected chi connectivity index (χ3v) is 7.93. The first-order chi connectivity index (χ1) is 22.4. The molecule has 48 heavy (non-hydrogen) atoms. The third-order valence-electron chi connectivity index (χ3n) is 7.93. The number of anilines is 1. The molecule has 0 fully saturated rings. The summed E-state index contributed by atoms with van der Waals surface area (Å²) in [6.45, 7) is 9.98. The Balaban J connectivity index is 1.62. The van der Waals surface area contributed by atoms with Gasteiger partial charge in [-0.2, -0.15) is 0 Å². The fraction of sp³-hybridized carbons (Fsp3) is 0.400. The van der Waals surface area contributed by atoms with Crippen molar-refractivity contribution in [2.45, 2.75) is 70.7 Å². The van der Waals surface area contributed by atoms with Crippen LogP contribution in [0.25, 0.3) is 10.9 Å². The Kier molecular flexibility index (Phi) is 10.2. The van der Waals surface area contributed by atoms with Crippen molar-refractivity contribution in [3.05, 3.63) is 78.4 Å². The van der Waals surface area contributed by atoms with Crippen molar-refractivity contribution in [3.8, 4) is 5.75 Å². The molecular weight excluding hydrogens is 614 g/mol. The Morgan fingerprint density at radius 1 is 0.979 bits per heavy atom. The maximum absolute atomic E-state index is 13.9. The van der Waals surface area contributed by atoms with Gasteiger partial charge in [-0.15, -0.1) is 0 Å². The average Bonchev–Trinajstić information content (AvgIpc) is 3.66. The molecule has 4 amide bonds. The molecule has 0 bridgehead atoms. The van der Waals surface area contributed by atoms with Crippen molar-refractivity contribution >= 4 is 40.5 Å². The molecule has 2 aromatic heterocycles. The molecule has 0 saturated carbocycles. The van der Waals surface area contributed by atoms with Crippen LogP contribution in [0.4, 0.5) is 10.6 Å². The van der Waals surface area contributed by atoms with Crippen LogP contribution in [0.2, 0.25) is 0 Å². The molecule has 4 aromatic rings. The Morgan fingerprint density at radius 2 is 1.65 bits per heavy atom. The highest BCUT2D eigenvalue weighted by atomic mass is 16.6. The van der Waals surface area contributed by atoms with Gasteiger partial charge in [0.2, 0.25) is 11.8 Å². The second kappa shape index (κ2) is 13.8. The Hall–Kier alpha value is -5.33. The van der Waals surface area contributed by atoms with E-state index in [1.807, 2.05) is 24.3 Å². The summed E-state index contributed by atoms with van der Waals surface area (Å²) in [6.07, 6.45) is 4.21. The summed E-state index contributed by atoms with van der Waals surface area (Å²) in [7, 11) is 4.90. The zero-order valence-corrected chi connectivity index (χ0v) is 28.9. The number of fused-ring (bicyclic) bond motifs is 1. The van der Waals surface area contributed by atoms with Gasteiger partial charge in [0.1, 0.15) is 28.5 Å². The average molecular weight is 660 g/mol. The maximum Gasteiger partial charge on any atom is 0.408 e.